The normalized spacial score (nSPS) is 11.5. The molecule has 106 valence electrons. The van der Waals surface area contributed by atoms with Crippen LogP contribution in [-0.2, 0) is 5.41 Å². The maximum absolute atomic E-state index is 4.80. The lowest BCUT2D eigenvalue weighted by Crippen LogP contribution is -2.18. The summed E-state index contributed by atoms with van der Waals surface area (Å²) in [4.78, 5) is 13.6. The molecule has 0 spiro atoms. The van der Waals surface area contributed by atoms with Gasteiger partial charge < -0.3 is 5.32 Å². The van der Waals surface area contributed by atoms with E-state index in [2.05, 4.69) is 58.6 Å². The van der Waals surface area contributed by atoms with Gasteiger partial charge in [-0.1, -0.05) is 20.8 Å². The molecule has 0 bridgehead atoms. The van der Waals surface area contributed by atoms with Gasteiger partial charge in [-0.3, -0.25) is 4.98 Å². The average molecular weight is 382 g/mol. The molecule has 1 N–H and O–H groups in total. The first kappa shape index (κ1) is 15.2. The summed E-state index contributed by atoms with van der Waals surface area (Å²) >= 11 is 2.31. The third-order valence-corrected chi connectivity index (χ3v) is 4.08. The zero-order valence-electron chi connectivity index (χ0n) is 12.5. The molecule has 4 nitrogen and oxygen atoms in total. The molecule has 0 fully saturated rings. The van der Waals surface area contributed by atoms with Gasteiger partial charge in [0, 0.05) is 30.4 Å². The van der Waals surface area contributed by atoms with E-state index in [0.717, 1.165) is 32.0 Å². The summed E-state index contributed by atoms with van der Waals surface area (Å²) in [7, 11) is 1.89. The molecule has 2 aromatic heterocycles. The van der Waals surface area contributed by atoms with Crippen molar-refractivity contribution in [1.29, 1.82) is 0 Å². The SMILES string of the molecule is CNc1nc(-c2ccncc2C)nc(C(C)(C)C)c1I. The van der Waals surface area contributed by atoms with Crippen LogP contribution in [0.4, 0.5) is 5.82 Å². The second-order valence-corrected chi connectivity index (χ2v) is 6.83. The molecule has 0 aliphatic rings. The van der Waals surface area contributed by atoms with Crippen molar-refractivity contribution < 1.29 is 0 Å². The van der Waals surface area contributed by atoms with E-state index in [1.165, 1.54) is 0 Å². The summed E-state index contributed by atoms with van der Waals surface area (Å²) < 4.78 is 1.08. The number of pyridine rings is 1. The van der Waals surface area contributed by atoms with Gasteiger partial charge in [-0.25, -0.2) is 9.97 Å². The molecule has 5 heteroatoms. The summed E-state index contributed by atoms with van der Waals surface area (Å²) in [5.74, 6) is 1.62. The lowest BCUT2D eigenvalue weighted by molar-refractivity contribution is 0.564. The Morgan fingerprint density at radius 1 is 1.20 bits per heavy atom. The van der Waals surface area contributed by atoms with Gasteiger partial charge in [0.05, 0.1) is 9.26 Å². The molecule has 0 unspecified atom stereocenters. The minimum Gasteiger partial charge on any atom is -0.372 e. The van der Waals surface area contributed by atoms with Crippen molar-refractivity contribution >= 4 is 28.4 Å². The fourth-order valence-electron chi connectivity index (χ4n) is 1.95. The van der Waals surface area contributed by atoms with Gasteiger partial charge >= 0.3 is 0 Å². The second-order valence-electron chi connectivity index (χ2n) is 5.75. The minimum atomic E-state index is -0.0270. The first-order valence-corrected chi connectivity index (χ1v) is 7.59. The van der Waals surface area contributed by atoms with Crippen LogP contribution in [0.3, 0.4) is 0 Å². The van der Waals surface area contributed by atoms with E-state index in [9.17, 15) is 0 Å². The van der Waals surface area contributed by atoms with E-state index in [-0.39, 0.29) is 5.41 Å². The molecule has 0 atom stereocenters. The quantitative estimate of drug-likeness (QED) is 0.803. The summed E-state index contributed by atoms with van der Waals surface area (Å²) in [6.07, 6.45) is 3.62. The second kappa shape index (κ2) is 5.63. The van der Waals surface area contributed by atoms with Crippen molar-refractivity contribution in [3.05, 3.63) is 33.3 Å². The molecule has 0 aliphatic carbocycles. The molecule has 20 heavy (non-hydrogen) atoms. The largest absolute Gasteiger partial charge is 0.372 e. The molecule has 2 heterocycles. The number of nitrogens with one attached hydrogen (secondary N) is 1. The van der Waals surface area contributed by atoms with Gasteiger partial charge in [-0.15, -0.1) is 0 Å². The minimum absolute atomic E-state index is 0.0270. The van der Waals surface area contributed by atoms with E-state index in [0.29, 0.717) is 0 Å². The molecular formula is C15H19IN4. The maximum Gasteiger partial charge on any atom is 0.162 e. The lowest BCUT2D eigenvalue weighted by Gasteiger charge is -2.22. The number of nitrogens with zero attached hydrogens (tertiary/aromatic N) is 3. The highest BCUT2D eigenvalue weighted by atomic mass is 127. The molecule has 0 aromatic carbocycles. The van der Waals surface area contributed by atoms with Gasteiger partial charge in [-0.2, -0.15) is 0 Å². The van der Waals surface area contributed by atoms with Gasteiger partial charge in [0.2, 0.25) is 0 Å². The van der Waals surface area contributed by atoms with Crippen LogP contribution in [0.5, 0.6) is 0 Å². The number of hydrogen-bond donors (Lipinski definition) is 1. The maximum atomic E-state index is 4.80. The van der Waals surface area contributed by atoms with E-state index < -0.39 is 0 Å². The van der Waals surface area contributed by atoms with Crippen molar-refractivity contribution in [2.75, 3.05) is 12.4 Å². The van der Waals surface area contributed by atoms with Crippen molar-refractivity contribution in [2.24, 2.45) is 0 Å². The molecule has 0 radical (unpaired) electrons. The Balaban J connectivity index is 2.70. The summed E-state index contributed by atoms with van der Waals surface area (Å²) in [6, 6.07) is 1.96. The number of anilines is 1. The van der Waals surface area contributed by atoms with Crippen molar-refractivity contribution in [3.63, 3.8) is 0 Å². The molecule has 0 saturated heterocycles. The van der Waals surface area contributed by atoms with Crippen LogP contribution < -0.4 is 5.32 Å². The van der Waals surface area contributed by atoms with Gasteiger partial charge in [0.15, 0.2) is 5.82 Å². The fourth-order valence-corrected chi connectivity index (χ4v) is 3.27. The predicted octanol–water partition coefficient (Wildman–Crippen LogP) is 3.79. The Labute approximate surface area is 133 Å². The van der Waals surface area contributed by atoms with Gasteiger partial charge in [0.25, 0.3) is 0 Å². The Hall–Kier alpha value is -1.24. The lowest BCUT2D eigenvalue weighted by atomic mass is 9.91. The van der Waals surface area contributed by atoms with Crippen molar-refractivity contribution in [1.82, 2.24) is 15.0 Å². The average Bonchev–Trinajstić information content (AvgIpc) is 2.38. The highest BCUT2D eigenvalue weighted by molar-refractivity contribution is 14.1. The summed E-state index contributed by atoms with van der Waals surface area (Å²) in [5, 5.41) is 3.16. The van der Waals surface area contributed by atoms with E-state index in [1.54, 1.807) is 6.20 Å². The van der Waals surface area contributed by atoms with Crippen LogP contribution >= 0.6 is 22.6 Å². The third kappa shape index (κ3) is 2.92. The molecule has 0 aliphatic heterocycles. The third-order valence-electron chi connectivity index (χ3n) is 3.06. The first-order valence-electron chi connectivity index (χ1n) is 6.51. The van der Waals surface area contributed by atoms with Crippen LogP contribution in [0.25, 0.3) is 11.4 Å². The molecule has 0 saturated carbocycles. The van der Waals surface area contributed by atoms with Crippen LogP contribution in [0, 0.1) is 10.5 Å². The van der Waals surface area contributed by atoms with E-state index in [4.69, 9.17) is 4.98 Å². The van der Waals surface area contributed by atoms with Crippen molar-refractivity contribution in [2.45, 2.75) is 33.1 Å². The molecular weight excluding hydrogens is 363 g/mol. The van der Waals surface area contributed by atoms with Crippen LogP contribution in [0.1, 0.15) is 32.0 Å². The number of aryl methyl sites for hydroxylation is 1. The van der Waals surface area contributed by atoms with E-state index in [1.807, 2.05) is 26.2 Å². The zero-order chi connectivity index (χ0) is 14.9. The summed E-state index contributed by atoms with van der Waals surface area (Å²) in [6.45, 7) is 8.53. The number of rotatable bonds is 2. The molecule has 0 amide bonds. The number of halogens is 1. The predicted molar refractivity (Wildman–Crippen MR) is 91.0 cm³/mol. The Morgan fingerprint density at radius 3 is 2.45 bits per heavy atom. The van der Waals surface area contributed by atoms with Gasteiger partial charge in [0.1, 0.15) is 5.82 Å². The summed E-state index contributed by atoms with van der Waals surface area (Å²) in [5.41, 5.74) is 3.14. The van der Waals surface area contributed by atoms with Crippen LogP contribution in [0.2, 0.25) is 0 Å². The number of aromatic nitrogens is 3. The van der Waals surface area contributed by atoms with Gasteiger partial charge in [-0.05, 0) is 41.1 Å². The Bertz CT molecular complexity index is 632. The van der Waals surface area contributed by atoms with Crippen molar-refractivity contribution in [3.8, 4) is 11.4 Å². The first-order chi connectivity index (χ1) is 9.34. The Morgan fingerprint density at radius 2 is 1.90 bits per heavy atom. The highest BCUT2D eigenvalue weighted by Gasteiger charge is 2.23. The topological polar surface area (TPSA) is 50.7 Å². The Kier molecular flexibility index (Phi) is 4.27. The van der Waals surface area contributed by atoms with Crippen LogP contribution in [0.15, 0.2) is 18.5 Å². The highest BCUT2D eigenvalue weighted by Crippen LogP contribution is 2.31. The molecule has 2 aromatic rings. The van der Waals surface area contributed by atoms with Crippen LogP contribution in [-0.4, -0.2) is 22.0 Å². The number of hydrogen-bond acceptors (Lipinski definition) is 4. The monoisotopic (exact) mass is 382 g/mol. The fraction of sp³-hybridized carbons (Fsp3) is 0.400. The molecule has 2 rings (SSSR count). The zero-order valence-corrected chi connectivity index (χ0v) is 14.6. The standard InChI is InChI=1S/C15H19IN4/c1-9-8-18-7-6-10(9)13-19-12(15(2,3)4)11(16)14(17-5)20-13/h6-8H,1-5H3,(H,17,19,20). The van der Waals surface area contributed by atoms with E-state index >= 15 is 0 Å². The smallest absolute Gasteiger partial charge is 0.162 e.